The molecule has 0 aliphatic heterocycles. The molecule has 4 aromatic carbocycles. The molecule has 0 radical (unpaired) electrons. The molecule has 5 rings (SSSR count). The van der Waals surface area contributed by atoms with E-state index in [2.05, 4.69) is 35.8 Å². The topological polar surface area (TPSA) is 216 Å². The summed E-state index contributed by atoms with van der Waals surface area (Å²) in [5, 5.41) is 25.0. The van der Waals surface area contributed by atoms with Crippen LogP contribution >= 0.6 is 11.6 Å². The number of anilines is 4. The van der Waals surface area contributed by atoms with Gasteiger partial charge in [-0.05, 0) is 71.9 Å². The Morgan fingerprint density at radius 1 is 0.791 bits per heavy atom. The predicted octanol–water partition coefficient (Wildman–Crippen LogP) is 6.09. The lowest BCUT2D eigenvalue weighted by atomic mass is 10.0. The van der Waals surface area contributed by atoms with Gasteiger partial charge in [0, 0.05) is 11.1 Å². The molecule has 14 nitrogen and oxygen atoms in total. The van der Waals surface area contributed by atoms with E-state index in [-0.39, 0.29) is 45.0 Å². The van der Waals surface area contributed by atoms with Crippen molar-refractivity contribution in [3.05, 3.63) is 83.6 Å². The van der Waals surface area contributed by atoms with E-state index in [1.54, 1.807) is 31.2 Å². The number of halogens is 1. The number of aryl methyl sites for hydroxylation is 1. The van der Waals surface area contributed by atoms with Crippen LogP contribution in [0.1, 0.15) is 5.56 Å². The van der Waals surface area contributed by atoms with Gasteiger partial charge < -0.3 is 15.7 Å². The largest absolute Gasteiger partial charge is 0.505 e. The third-order valence-electron chi connectivity index (χ3n) is 5.93. The van der Waals surface area contributed by atoms with Gasteiger partial charge in [0.15, 0.2) is 5.75 Å². The molecular weight excluding hydrogens is 622 g/mol. The number of phenolic OH excluding ortho intramolecular Hbond substituents is 1. The number of phenols is 1. The average molecular weight is 642 g/mol. The van der Waals surface area contributed by atoms with Gasteiger partial charge in [-0.3, -0.25) is 9.11 Å². The lowest BCUT2D eigenvalue weighted by molar-refractivity contribution is 0.480. The minimum Gasteiger partial charge on any atom is -0.505 e. The molecule has 0 spiro atoms. The fourth-order valence-corrected chi connectivity index (χ4v) is 5.42. The number of nitrogens with zero attached hydrogens (tertiary/aromatic N) is 5. The Hall–Kier alpha value is -4.74. The number of azo groups is 1. The molecular formula is C26H20ClN7O7S2. The normalized spacial score (nSPS) is 12.1. The van der Waals surface area contributed by atoms with Crippen LogP contribution in [0.25, 0.3) is 10.8 Å². The molecule has 0 aliphatic carbocycles. The summed E-state index contributed by atoms with van der Waals surface area (Å²) in [5.41, 5.74) is 0.607. The summed E-state index contributed by atoms with van der Waals surface area (Å²) in [6.07, 6.45) is 0. The maximum Gasteiger partial charge on any atom is 0.296 e. The van der Waals surface area contributed by atoms with E-state index in [1.165, 1.54) is 24.3 Å². The molecule has 0 bridgehead atoms. The first-order chi connectivity index (χ1) is 20.3. The molecule has 220 valence electrons. The maximum absolute atomic E-state index is 12.1. The SMILES string of the molecule is Cc1cc2cc(S(=O)(=O)O)cc(Nc3nc(Cl)nc(Nc4ccccc4)n3)c2c(O)c1N=Nc1ccccc1S(=O)(=O)O. The smallest absolute Gasteiger partial charge is 0.296 e. The standard InChI is InChI=1S/C26H20ClN7O7S2/c1-14-11-15-12-17(42(36,37)38)13-19(29-26-31-24(27)30-25(32-26)28-16-7-3-2-4-8-16)21(15)23(35)22(14)34-33-18-9-5-6-10-20(18)43(39,40)41/h2-13,35H,1H3,(H,36,37,38)(H,39,40,41)(H2,28,29,30,31,32). The van der Waals surface area contributed by atoms with Crippen molar-refractivity contribution < 1.29 is 31.0 Å². The number of hydrogen-bond donors (Lipinski definition) is 5. The van der Waals surface area contributed by atoms with Crippen LogP contribution in [0.3, 0.4) is 0 Å². The van der Waals surface area contributed by atoms with Crippen molar-refractivity contribution >= 4 is 77.3 Å². The molecule has 0 amide bonds. The zero-order chi connectivity index (χ0) is 30.9. The van der Waals surface area contributed by atoms with E-state index in [9.17, 15) is 31.0 Å². The van der Waals surface area contributed by atoms with Crippen molar-refractivity contribution in [2.75, 3.05) is 10.6 Å². The number of fused-ring (bicyclic) bond motifs is 1. The molecule has 5 N–H and O–H groups in total. The van der Waals surface area contributed by atoms with Crippen LogP contribution in [-0.4, -0.2) is 46.0 Å². The second-order valence-electron chi connectivity index (χ2n) is 8.95. The lowest BCUT2D eigenvalue weighted by Gasteiger charge is -2.15. The molecule has 0 saturated carbocycles. The second-order valence-corrected chi connectivity index (χ2v) is 12.1. The van der Waals surface area contributed by atoms with Crippen LogP contribution in [-0.2, 0) is 20.2 Å². The fourth-order valence-electron chi connectivity index (χ4n) is 4.09. The van der Waals surface area contributed by atoms with Crippen LogP contribution in [0.4, 0.5) is 34.6 Å². The Morgan fingerprint density at radius 2 is 1.44 bits per heavy atom. The van der Waals surface area contributed by atoms with Gasteiger partial charge >= 0.3 is 0 Å². The first-order valence-corrected chi connectivity index (χ1v) is 15.3. The van der Waals surface area contributed by atoms with Gasteiger partial charge in [-0.1, -0.05) is 30.3 Å². The van der Waals surface area contributed by atoms with Gasteiger partial charge in [-0.25, -0.2) is 0 Å². The summed E-state index contributed by atoms with van der Waals surface area (Å²) in [6.45, 7) is 1.54. The van der Waals surface area contributed by atoms with E-state index >= 15 is 0 Å². The highest BCUT2D eigenvalue weighted by atomic mass is 35.5. The molecule has 43 heavy (non-hydrogen) atoms. The molecule has 0 fully saturated rings. The average Bonchev–Trinajstić information content (AvgIpc) is 2.92. The predicted molar refractivity (Wildman–Crippen MR) is 158 cm³/mol. The molecule has 1 aromatic heterocycles. The summed E-state index contributed by atoms with van der Waals surface area (Å²) in [7, 11) is -9.32. The summed E-state index contributed by atoms with van der Waals surface area (Å²) in [5.74, 6) is -0.566. The lowest BCUT2D eigenvalue weighted by Crippen LogP contribution is -2.05. The van der Waals surface area contributed by atoms with Crippen LogP contribution < -0.4 is 10.6 Å². The first-order valence-electron chi connectivity index (χ1n) is 12.1. The van der Waals surface area contributed by atoms with Crippen LogP contribution in [0.5, 0.6) is 5.75 Å². The van der Waals surface area contributed by atoms with E-state index in [0.29, 0.717) is 11.3 Å². The number of nitrogens with one attached hydrogen (secondary N) is 2. The van der Waals surface area contributed by atoms with Gasteiger partial charge in [-0.2, -0.15) is 31.8 Å². The Kier molecular flexibility index (Phi) is 7.96. The summed E-state index contributed by atoms with van der Waals surface area (Å²) < 4.78 is 67.0. The van der Waals surface area contributed by atoms with Gasteiger partial charge in [0.2, 0.25) is 17.2 Å². The number of hydrogen-bond acceptors (Lipinski definition) is 12. The Balaban J connectivity index is 1.64. The quantitative estimate of drug-likeness (QED) is 0.0960. The number of rotatable bonds is 8. The zero-order valence-corrected chi connectivity index (χ0v) is 24.2. The third-order valence-corrected chi connectivity index (χ3v) is 7.83. The summed E-state index contributed by atoms with van der Waals surface area (Å²) >= 11 is 6.11. The van der Waals surface area contributed by atoms with Crippen molar-refractivity contribution in [3.8, 4) is 5.75 Å². The first kappa shape index (κ1) is 29.7. The number of benzene rings is 4. The Morgan fingerprint density at radius 3 is 2.12 bits per heavy atom. The van der Waals surface area contributed by atoms with E-state index < -0.39 is 35.8 Å². The van der Waals surface area contributed by atoms with E-state index in [0.717, 1.165) is 18.2 Å². The van der Waals surface area contributed by atoms with Crippen LogP contribution in [0, 0.1) is 6.92 Å². The number of aromatic nitrogens is 3. The monoisotopic (exact) mass is 641 g/mol. The van der Waals surface area contributed by atoms with Crippen molar-refractivity contribution in [3.63, 3.8) is 0 Å². The van der Waals surface area contributed by atoms with E-state index in [1.807, 2.05) is 6.07 Å². The van der Waals surface area contributed by atoms with Crippen molar-refractivity contribution in [2.24, 2.45) is 10.2 Å². The molecule has 5 aromatic rings. The fraction of sp³-hybridized carbons (Fsp3) is 0.0385. The molecule has 17 heteroatoms. The minimum absolute atomic E-state index is 0.0316. The van der Waals surface area contributed by atoms with Crippen molar-refractivity contribution in [1.29, 1.82) is 0 Å². The molecule has 0 aliphatic rings. The van der Waals surface area contributed by atoms with Crippen molar-refractivity contribution in [2.45, 2.75) is 16.7 Å². The number of para-hydroxylation sites is 1. The highest BCUT2D eigenvalue weighted by Crippen LogP contribution is 2.44. The highest BCUT2D eigenvalue weighted by Gasteiger charge is 2.21. The van der Waals surface area contributed by atoms with Gasteiger partial charge in [0.1, 0.15) is 16.3 Å². The minimum atomic E-state index is -4.70. The third kappa shape index (κ3) is 6.68. The highest BCUT2D eigenvalue weighted by molar-refractivity contribution is 7.86. The second kappa shape index (κ2) is 11.5. The number of aromatic hydroxyl groups is 1. The molecule has 0 atom stereocenters. The van der Waals surface area contributed by atoms with Crippen LogP contribution in [0.2, 0.25) is 5.28 Å². The van der Waals surface area contributed by atoms with Gasteiger partial charge in [0.25, 0.3) is 20.2 Å². The Labute approximate surface area is 249 Å². The van der Waals surface area contributed by atoms with Gasteiger partial charge in [-0.15, -0.1) is 10.2 Å². The molecule has 0 unspecified atom stereocenters. The molecule has 1 heterocycles. The Bertz CT molecular complexity index is 2130. The molecule has 0 saturated heterocycles. The van der Waals surface area contributed by atoms with Crippen LogP contribution in [0.15, 0.2) is 92.8 Å². The maximum atomic E-state index is 12.1. The zero-order valence-electron chi connectivity index (χ0n) is 21.8. The van der Waals surface area contributed by atoms with Crippen molar-refractivity contribution in [1.82, 2.24) is 15.0 Å². The summed E-state index contributed by atoms with van der Waals surface area (Å²) in [6, 6.07) is 17.9. The van der Waals surface area contributed by atoms with E-state index in [4.69, 9.17) is 11.6 Å². The summed E-state index contributed by atoms with van der Waals surface area (Å²) in [4.78, 5) is 11.3. The van der Waals surface area contributed by atoms with Gasteiger partial charge in [0.05, 0.1) is 10.6 Å².